The summed E-state index contributed by atoms with van der Waals surface area (Å²) in [5.41, 5.74) is 3.29. The molecule has 2 aromatic rings. The number of amides is 2. The smallest absolute Gasteiger partial charge is 0.265 e. The molecule has 5 nitrogen and oxygen atoms in total. The van der Waals surface area contributed by atoms with E-state index in [2.05, 4.69) is 10.6 Å². The van der Waals surface area contributed by atoms with Crippen LogP contribution >= 0.6 is 0 Å². The number of hydrogen-bond donors (Lipinski definition) is 2. The summed E-state index contributed by atoms with van der Waals surface area (Å²) in [5, 5.41) is 6.02. The van der Waals surface area contributed by atoms with Crippen molar-refractivity contribution in [2.24, 2.45) is 0 Å². The van der Waals surface area contributed by atoms with Gasteiger partial charge in [0.25, 0.3) is 11.8 Å². The van der Waals surface area contributed by atoms with Gasteiger partial charge in [0.1, 0.15) is 5.75 Å². The van der Waals surface area contributed by atoms with Crippen LogP contribution in [0.4, 0.5) is 5.69 Å². The van der Waals surface area contributed by atoms with Gasteiger partial charge in [-0.25, -0.2) is 0 Å². The highest BCUT2D eigenvalue weighted by atomic mass is 16.5. The summed E-state index contributed by atoms with van der Waals surface area (Å²) in [7, 11) is 0. The van der Waals surface area contributed by atoms with E-state index in [1.165, 1.54) is 12.0 Å². The Bertz CT molecular complexity index is 888. The molecule has 1 aliphatic rings. The predicted molar refractivity (Wildman–Crippen MR) is 120 cm³/mol. The van der Waals surface area contributed by atoms with Crippen LogP contribution in [0.5, 0.6) is 5.75 Å². The van der Waals surface area contributed by atoms with Crippen LogP contribution in [-0.4, -0.2) is 24.0 Å². The number of anilines is 1. The Kier molecular flexibility index (Phi) is 7.50. The summed E-state index contributed by atoms with van der Waals surface area (Å²) in [6, 6.07) is 13.2. The van der Waals surface area contributed by atoms with Gasteiger partial charge in [-0.15, -0.1) is 0 Å². The summed E-state index contributed by atoms with van der Waals surface area (Å²) in [6.45, 7) is 5.97. The van der Waals surface area contributed by atoms with E-state index in [0.717, 1.165) is 31.2 Å². The lowest BCUT2D eigenvalue weighted by Crippen LogP contribution is -2.37. The lowest BCUT2D eigenvalue weighted by Gasteiger charge is -2.23. The molecule has 160 valence electrons. The molecule has 0 bridgehead atoms. The van der Waals surface area contributed by atoms with Crippen LogP contribution in [0.25, 0.3) is 0 Å². The van der Waals surface area contributed by atoms with Crippen molar-refractivity contribution in [1.29, 1.82) is 0 Å². The first-order valence-corrected chi connectivity index (χ1v) is 10.9. The van der Waals surface area contributed by atoms with Gasteiger partial charge in [-0.3, -0.25) is 9.59 Å². The van der Waals surface area contributed by atoms with E-state index >= 15 is 0 Å². The monoisotopic (exact) mass is 408 g/mol. The molecular weight excluding hydrogens is 376 g/mol. The van der Waals surface area contributed by atoms with Crippen molar-refractivity contribution < 1.29 is 14.3 Å². The van der Waals surface area contributed by atoms with Gasteiger partial charge in [-0.05, 0) is 68.5 Å². The Morgan fingerprint density at radius 1 is 1.03 bits per heavy atom. The van der Waals surface area contributed by atoms with E-state index in [1.807, 2.05) is 51.1 Å². The van der Waals surface area contributed by atoms with Crippen molar-refractivity contribution in [2.75, 3.05) is 5.32 Å². The zero-order chi connectivity index (χ0) is 21.5. The Morgan fingerprint density at radius 2 is 1.77 bits per heavy atom. The van der Waals surface area contributed by atoms with Crippen LogP contribution in [0.2, 0.25) is 0 Å². The topological polar surface area (TPSA) is 67.4 Å². The number of aryl methyl sites for hydroxylation is 2. The molecule has 2 N–H and O–H groups in total. The molecule has 1 saturated carbocycles. The Morgan fingerprint density at radius 3 is 2.47 bits per heavy atom. The molecule has 1 unspecified atom stereocenters. The maximum atomic E-state index is 12.9. The zero-order valence-corrected chi connectivity index (χ0v) is 18.2. The standard InChI is InChI=1S/C25H32N2O3/c1-4-23(30-20-15-14-17(2)18(3)16-20)25(29)27-22-13-9-8-12-21(22)24(28)26-19-10-6-5-7-11-19/h8-9,12-16,19,23H,4-7,10-11H2,1-3H3,(H,26,28)(H,27,29). The van der Waals surface area contributed by atoms with Gasteiger partial charge >= 0.3 is 0 Å². The second-order valence-electron chi connectivity index (χ2n) is 8.10. The molecule has 1 fully saturated rings. The van der Waals surface area contributed by atoms with Crippen molar-refractivity contribution in [2.45, 2.75) is 71.4 Å². The Balaban J connectivity index is 1.68. The van der Waals surface area contributed by atoms with Crippen LogP contribution < -0.4 is 15.4 Å². The van der Waals surface area contributed by atoms with Crippen LogP contribution in [-0.2, 0) is 4.79 Å². The molecule has 2 amide bonds. The fourth-order valence-electron chi connectivity index (χ4n) is 3.79. The molecule has 1 atom stereocenters. The molecule has 1 aliphatic carbocycles. The SMILES string of the molecule is CCC(Oc1ccc(C)c(C)c1)C(=O)Nc1ccccc1C(=O)NC1CCCCC1. The van der Waals surface area contributed by atoms with Gasteiger partial charge in [0.2, 0.25) is 0 Å². The number of para-hydroxylation sites is 1. The van der Waals surface area contributed by atoms with E-state index < -0.39 is 6.10 Å². The van der Waals surface area contributed by atoms with Gasteiger partial charge < -0.3 is 15.4 Å². The summed E-state index contributed by atoms with van der Waals surface area (Å²) >= 11 is 0. The van der Waals surface area contributed by atoms with E-state index in [9.17, 15) is 9.59 Å². The number of ether oxygens (including phenoxy) is 1. The Labute approximate surface area is 179 Å². The number of hydrogen-bond acceptors (Lipinski definition) is 3. The van der Waals surface area contributed by atoms with E-state index in [0.29, 0.717) is 23.4 Å². The normalized spacial score (nSPS) is 15.3. The van der Waals surface area contributed by atoms with E-state index in [4.69, 9.17) is 4.74 Å². The van der Waals surface area contributed by atoms with Crippen LogP contribution in [0, 0.1) is 13.8 Å². The molecule has 3 rings (SSSR count). The number of nitrogens with one attached hydrogen (secondary N) is 2. The second-order valence-corrected chi connectivity index (χ2v) is 8.10. The zero-order valence-electron chi connectivity index (χ0n) is 18.2. The number of rotatable bonds is 7. The fraction of sp³-hybridized carbons (Fsp3) is 0.440. The molecular formula is C25H32N2O3. The molecule has 5 heteroatoms. The maximum Gasteiger partial charge on any atom is 0.265 e. The second kappa shape index (κ2) is 10.3. The minimum Gasteiger partial charge on any atom is -0.481 e. The minimum absolute atomic E-state index is 0.138. The average molecular weight is 409 g/mol. The molecule has 2 aromatic carbocycles. The first-order chi connectivity index (χ1) is 14.5. The lowest BCUT2D eigenvalue weighted by molar-refractivity contribution is -0.122. The van der Waals surface area contributed by atoms with Gasteiger partial charge in [0, 0.05) is 6.04 Å². The van der Waals surface area contributed by atoms with Gasteiger partial charge in [0.15, 0.2) is 6.10 Å². The highest BCUT2D eigenvalue weighted by molar-refractivity contribution is 6.04. The average Bonchev–Trinajstić information content (AvgIpc) is 2.75. The molecule has 0 aliphatic heterocycles. The first kappa shape index (κ1) is 21.9. The maximum absolute atomic E-state index is 12.9. The largest absolute Gasteiger partial charge is 0.481 e. The van der Waals surface area contributed by atoms with Gasteiger partial charge in [-0.2, -0.15) is 0 Å². The van der Waals surface area contributed by atoms with Crippen LogP contribution in [0.3, 0.4) is 0 Å². The molecule has 30 heavy (non-hydrogen) atoms. The molecule has 0 spiro atoms. The summed E-state index contributed by atoms with van der Waals surface area (Å²) in [6.07, 6.45) is 5.45. The summed E-state index contributed by atoms with van der Waals surface area (Å²) in [5.74, 6) is 0.276. The van der Waals surface area contributed by atoms with Crippen molar-refractivity contribution in [3.05, 3.63) is 59.2 Å². The Hall–Kier alpha value is -2.82. The minimum atomic E-state index is -0.637. The van der Waals surface area contributed by atoms with Gasteiger partial charge in [-0.1, -0.05) is 44.4 Å². The highest BCUT2D eigenvalue weighted by Gasteiger charge is 2.22. The highest BCUT2D eigenvalue weighted by Crippen LogP contribution is 2.22. The fourth-order valence-corrected chi connectivity index (χ4v) is 3.79. The first-order valence-electron chi connectivity index (χ1n) is 10.9. The van der Waals surface area contributed by atoms with E-state index in [-0.39, 0.29) is 17.9 Å². The molecule has 0 aromatic heterocycles. The number of carbonyl (C=O) groups excluding carboxylic acids is 2. The molecule has 0 radical (unpaired) electrons. The molecule has 0 heterocycles. The summed E-state index contributed by atoms with van der Waals surface area (Å²) in [4.78, 5) is 25.7. The van der Waals surface area contributed by atoms with Crippen molar-refractivity contribution in [3.63, 3.8) is 0 Å². The number of benzene rings is 2. The van der Waals surface area contributed by atoms with Gasteiger partial charge in [0.05, 0.1) is 11.3 Å². The van der Waals surface area contributed by atoms with Crippen molar-refractivity contribution >= 4 is 17.5 Å². The van der Waals surface area contributed by atoms with Crippen molar-refractivity contribution in [3.8, 4) is 5.75 Å². The third-order valence-electron chi connectivity index (χ3n) is 5.79. The van der Waals surface area contributed by atoms with E-state index in [1.54, 1.807) is 12.1 Å². The van der Waals surface area contributed by atoms with Crippen LogP contribution in [0.15, 0.2) is 42.5 Å². The molecule has 0 saturated heterocycles. The van der Waals surface area contributed by atoms with Crippen molar-refractivity contribution in [1.82, 2.24) is 5.32 Å². The quantitative estimate of drug-likeness (QED) is 0.665. The number of carbonyl (C=O) groups is 2. The summed E-state index contributed by atoms with van der Waals surface area (Å²) < 4.78 is 5.94. The predicted octanol–water partition coefficient (Wildman–Crippen LogP) is 5.16. The third kappa shape index (κ3) is 5.62. The lowest BCUT2D eigenvalue weighted by atomic mass is 9.95. The van der Waals surface area contributed by atoms with Crippen LogP contribution in [0.1, 0.15) is 66.9 Å². The third-order valence-corrected chi connectivity index (χ3v) is 5.79.